The van der Waals surface area contributed by atoms with Crippen LogP contribution in [0.3, 0.4) is 0 Å². The number of hydrogen-bond acceptors (Lipinski definition) is 3. The highest BCUT2D eigenvalue weighted by molar-refractivity contribution is 7.90. The van der Waals surface area contributed by atoms with E-state index in [2.05, 4.69) is 20.8 Å². The lowest BCUT2D eigenvalue weighted by atomic mass is 9.87. The predicted octanol–water partition coefficient (Wildman–Crippen LogP) is 2.49. The third-order valence-corrected chi connectivity index (χ3v) is 5.00. The average molecular weight is 283 g/mol. The van der Waals surface area contributed by atoms with E-state index in [0.717, 1.165) is 5.56 Å². The number of benzene rings is 1. The van der Waals surface area contributed by atoms with E-state index in [9.17, 15) is 8.42 Å². The van der Waals surface area contributed by atoms with Crippen molar-refractivity contribution in [1.82, 2.24) is 0 Å². The molecule has 0 aliphatic heterocycles. The average Bonchev–Trinajstić information content (AvgIpc) is 2.27. The second-order valence-corrected chi connectivity index (χ2v) is 8.45. The Labute approximate surface area is 117 Å². The van der Waals surface area contributed by atoms with Crippen LogP contribution < -0.4 is 5.73 Å². The quantitative estimate of drug-likeness (QED) is 0.903. The molecule has 1 rings (SSSR count). The summed E-state index contributed by atoms with van der Waals surface area (Å²) < 4.78 is 24.0. The number of hydrogen-bond donors (Lipinski definition) is 1. The molecule has 19 heavy (non-hydrogen) atoms. The topological polar surface area (TPSA) is 60.2 Å². The van der Waals surface area contributed by atoms with E-state index in [1.54, 1.807) is 0 Å². The van der Waals surface area contributed by atoms with Crippen molar-refractivity contribution in [2.75, 3.05) is 12.3 Å². The van der Waals surface area contributed by atoms with Crippen LogP contribution in [0.2, 0.25) is 0 Å². The van der Waals surface area contributed by atoms with Crippen LogP contribution in [0.15, 0.2) is 24.3 Å². The zero-order chi connectivity index (χ0) is 14.7. The van der Waals surface area contributed by atoms with Crippen LogP contribution in [0.25, 0.3) is 0 Å². The van der Waals surface area contributed by atoms with E-state index in [1.807, 2.05) is 31.2 Å². The normalized spacial score (nSPS) is 14.4. The van der Waals surface area contributed by atoms with Crippen molar-refractivity contribution in [2.45, 2.75) is 38.9 Å². The van der Waals surface area contributed by atoms with Crippen molar-refractivity contribution >= 4 is 9.84 Å². The Kier molecular flexibility index (Phi) is 5.16. The summed E-state index contributed by atoms with van der Waals surface area (Å²) in [6, 6.07) is 7.84. The Bertz CT molecular complexity index is 498. The molecule has 1 aromatic carbocycles. The summed E-state index contributed by atoms with van der Waals surface area (Å²) in [7, 11) is -3.07. The van der Waals surface area contributed by atoms with Crippen molar-refractivity contribution in [3.8, 4) is 0 Å². The molecule has 2 N–H and O–H groups in total. The summed E-state index contributed by atoms with van der Waals surface area (Å²) in [6.45, 7) is 8.69. The van der Waals surface area contributed by atoms with E-state index < -0.39 is 9.84 Å². The maximum absolute atomic E-state index is 12.0. The zero-order valence-electron chi connectivity index (χ0n) is 12.3. The Morgan fingerprint density at radius 1 is 1.16 bits per heavy atom. The molecule has 0 aliphatic rings. The Morgan fingerprint density at radius 3 is 2.11 bits per heavy atom. The van der Waals surface area contributed by atoms with Crippen LogP contribution in [0.1, 0.15) is 38.8 Å². The number of sulfone groups is 1. The van der Waals surface area contributed by atoms with Crippen molar-refractivity contribution in [3.63, 3.8) is 0 Å². The highest BCUT2D eigenvalue weighted by atomic mass is 32.2. The Balaban J connectivity index is 2.78. The maximum Gasteiger partial charge on any atom is 0.154 e. The highest BCUT2D eigenvalue weighted by Gasteiger charge is 2.17. The van der Waals surface area contributed by atoms with Crippen LogP contribution in [0, 0.1) is 5.92 Å². The number of nitrogens with two attached hydrogens (primary N) is 1. The molecule has 0 fully saturated rings. The van der Waals surface area contributed by atoms with Gasteiger partial charge in [0.05, 0.1) is 11.5 Å². The standard InChI is InChI=1S/C15H25NO2S/c1-12(9-16)10-19(17,18)11-13-5-7-14(8-6-13)15(2,3)4/h5-8,12H,9-11,16H2,1-4H3. The molecule has 4 heteroatoms. The molecule has 1 atom stereocenters. The minimum atomic E-state index is -3.07. The van der Waals surface area contributed by atoms with Crippen LogP contribution in [-0.4, -0.2) is 20.7 Å². The smallest absolute Gasteiger partial charge is 0.154 e. The summed E-state index contributed by atoms with van der Waals surface area (Å²) >= 11 is 0. The molecule has 0 heterocycles. The molecule has 0 aliphatic carbocycles. The van der Waals surface area contributed by atoms with Crippen molar-refractivity contribution in [3.05, 3.63) is 35.4 Å². The first kappa shape index (κ1) is 16.2. The van der Waals surface area contributed by atoms with Crippen LogP contribution in [-0.2, 0) is 21.0 Å². The molecular formula is C15H25NO2S. The van der Waals surface area contributed by atoms with E-state index >= 15 is 0 Å². The first-order valence-corrected chi connectivity index (χ1v) is 8.46. The lowest BCUT2D eigenvalue weighted by molar-refractivity contribution is 0.573. The van der Waals surface area contributed by atoms with Gasteiger partial charge in [0.2, 0.25) is 0 Å². The van der Waals surface area contributed by atoms with Crippen molar-refractivity contribution < 1.29 is 8.42 Å². The number of rotatable bonds is 5. The van der Waals surface area contributed by atoms with Crippen molar-refractivity contribution in [1.29, 1.82) is 0 Å². The van der Waals surface area contributed by atoms with E-state index in [-0.39, 0.29) is 22.8 Å². The van der Waals surface area contributed by atoms with Crippen LogP contribution in [0.4, 0.5) is 0 Å². The minimum absolute atomic E-state index is 0.0128. The van der Waals surface area contributed by atoms with Gasteiger partial charge in [-0.05, 0) is 29.0 Å². The molecule has 0 spiro atoms. The molecular weight excluding hydrogens is 258 g/mol. The van der Waals surface area contributed by atoms with Crippen LogP contribution >= 0.6 is 0 Å². The van der Waals surface area contributed by atoms with Gasteiger partial charge in [-0.1, -0.05) is 52.0 Å². The van der Waals surface area contributed by atoms with Gasteiger partial charge in [0.1, 0.15) is 0 Å². The third kappa shape index (κ3) is 5.33. The minimum Gasteiger partial charge on any atom is -0.330 e. The first-order valence-electron chi connectivity index (χ1n) is 6.64. The van der Waals surface area contributed by atoms with Gasteiger partial charge in [-0.3, -0.25) is 0 Å². The summed E-state index contributed by atoms with van der Waals surface area (Å²) in [5.41, 5.74) is 7.62. The largest absolute Gasteiger partial charge is 0.330 e. The molecule has 0 amide bonds. The van der Waals surface area contributed by atoms with Gasteiger partial charge >= 0.3 is 0 Å². The summed E-state index contributed by atoms with van der Waals surface area (Å²) in [5.74, 6) is 0.269. The Hall–Kier alpha value is -0.870. The zero-order valence-corrected chi connectivity index (χ0v) is 13.1. The molecule has 1 unspecified atom stereocenters. The molecule has 3 nitrogen and oxygen atoms in total. The SMILES string of the molecule is CC(CN)CS(=O)(=O)Cc1ccc(C(C)(C)C)cc1. The monoisotopic (exact) mass is 283 g/mol. The van der Waals surface area contributed by atoms with Gasteiger partial charge in [-0.15, -0.1) is 0 Å². The molecule has 0 radical (unpaired) electrons. The van der Waals surface area contributed by atoms with Gasteiger partial charge in [-0.2, -0.15) is 0 Å². The molecule has 0 saturated carbocycles. The van der Waals surface area contributed by atoms with E-state index in [4.69, 9.17) is 5.73 Å². The lowest BCUT2D eigenvalue weighted by Crippen LogP contribution is -2.22. The molecule has 108 valence electrons. The van der Waals surface area contributed by atoms with Gasteiger partial charge in [0.15, 0.2) is 9.84 Å². The summed E-state index contributed by atoms with van der Waals surface area (Å²) in [4.78, 5) is 0. The van der Waals surface area contributed by atoms with Gasteiger partial charge in [-0.25, -0.2) is 8.42 Å². The summed E-state index contributed by atoms with van der Waals surface area (Å²) in [6.07, 6.45) is 0. The first-order chi connectivity index (χ1) is 8.64. The third-order valence-electron chi connectivity index (χ3n) is 3.15. The van der Waals surface area contributed by atoms with E-state index in [0.29, 0.717) is 6.54 Å². The van der Waals surface area contributed by atoms with E-state index in [1.165, 1.54) is 5.56 Å². The summed E-state index contributed by atoms with van der Waals surface area (Å²) in [5, 5.41) is 0. The fourth-order valence-electron chi connectivity index (χ4n) is 1.92. The molecule has 0 saturated heterocycles. The highest BCUT2D eigenvalue weighted by Crippen LogP contribution is 2.22. The second kappa shape index (κ2) is 6.06. The van der Waals surface area contributed by atoms with Gasteiger partial charge in [0, 0.05) is 0 Å². The van der Waals surface area contributed by atoms with Gasteiger partial charge < -0.3 is 5.73 Å². The maximum atomic E-state index is 12.0. The molecule has 0 bridgehead atoms. The Morgan fingerprint density at radius 2 is 1.68 bits per heavy atom. The van der Waals surface area contributed by atoms with Crippen molar-refractivity contribution in [2.24, 2.45) is 11.7 Å². The molecule has 1 aromatic rings. The lowest BCUT2D eigenvalue weighted by Gasteiger charge is -2.19. The van der Waals surface area contributed by atoms with Gasteiger partial charge in [0.25, 0.3) is 0 Å². The molecule has 0 aromatic heterocycles. The predicted molar refractivity (Wildman–Crippen MR) is 80.9 cm³/mol. The fourth-order valence-corrected chi connectivity index (χ4v) is 3.74. The fraction of sp³-hybridized carbons (Fsp3) is 0.600. The second-order valence-electron chi connectivity index (χ2n) is 6.34. The van der Waals surface area contributed by atoms with Crippen LogP contribution in [0.5, 0.6) is 0 Å².